The normalized spacial score (nSPS) is 17.9. The molecule has 0 unspecified atom stereocenters. The summed E-state index contributed by atoms with van der Waals surface area (Å²) in [5.74, 6) is 1.62. The molecule has 0 heterocycles. The molecule has 1 N–H and O–H groups in total. The van der Waals surface area contributed by atoms with E-state index in [1.807, 2.05) is 18.2 Å². The second kappa shape index (κ2) is 7.53. The SMILES string of the molecule is COc1ccc(Cl)cc1CNCC1(CCl)CCCCC1. The zero-order chi connectivity index (χ0) is 14.4. The quantitative estimate of drug-likeness (QED) is 0.773. The maximum atomic E-state index is 6.22. The summed E-state index contributed by atoms with van der Waals surface area (Å²) in [4.78, 5) is 0. The van der Waals surface area contributed by atoms with E-state index < -0.39 is 0 Å². The number of nitrogens with one attached hydrogen (secondary N) is 1. The van der Waals surface area contributed by atoms with Crippen LogP contribution in [-0.4, -0.2) is 19.5 Å². The fraction of sp³-hybridized carbons (Fsp3) is 0.625. The molecular formula is C16H23Cl2NO. The summed E-state index contributed by atoms with van der Waals surface area (Å²) in [5.41, 5.74) is 1.37. The molecule has 0 saturated heterocycles. The van der Waals surface area contributed by atoms with E-state index in [2.05, 4.69) is 5.32 Å². The first kappa shape index (κ1) is 15.9. The molecule has 1 aromatic carbocycles. The van der Waals surface area contributed by atoms with Crippen molar-refractivity contribution in [3.63, 3.8) is 0 Å². The largest absolute Gasteiger partial charge is 0.496 e. The van der Waals surface area contributed by atoms with Crippen LogP contribution in [0.4, 0.5) is 0 Å². The van der Waals surface area contributed by atoms with E-state index in [1.165, 1.54) is 32.1 Å². The van der Waals surface area contributed by atoms with Crippen molar-refractivity contribution < 1.29 is 4.74 Å². The highest BCUT2D eigenvalue weighted by Crippen LogP contribution is 2.36. The van der Waals surface area contributed by atoms with Gasteiger partial charge in [-0.25, -0.2) is 0 Å². The molecule has 1 saturated carbocycles. The Kier molecular flexibility index (Phi) is 6.01. The van der Waals surface area contributed by atoms with E-state index in [0.29, 0.717) is 0 Å². The minimum atomic E-state index is 0.269. The minimum Gasteiger partial charge on any atom is -0.496 e. The Balaban J connectivity index is 1.93. The van der Waals surface area contributed by atoms with Crippen LogP contribution >= 0.6 is 23.2 Å². The zero-order valence-corrected chi connectivity index (χ0v) is 13.6. The van der Waals surface area contributed by atoms with Gasteiger partial charge in [0.1, 0.15) is 5.75 Å². The molecule has 4 heteroatoms. The van der Waals surface area contributed by atoms with E-state index in [1.54, 1.807) is 7.11 Å². The van der Waals surface area contributed by atoms with E-state index >= 15 is 0 Å². The highest BCUT2D eigenvalue weighted by atomic mass is 35.5. The topological polar surface area (TPSA) is 21.3 Å². The van der Waals surface area contributed by atoms with Gasteiger partial charge in [0.05, 0.1) is 7.11 Å². The first-order valence-electron chi connectivity index (χ1n) is 7.28. The van der Waals surface area contributed by atoms with Crippen molar-refractivity contribution in [1.29, 1.82) is 0 Å². The summed E-state index contributed by atoms with van der Waals surface area (Å²) >= 11 is 12.3. The zero-order valence-electron chi connectivity index (χ0n) is 12.1. The van der Waals surface area contributed by atoms with Crippen molar-refractivity contribution in [2.24, 2.45) is 5.41 Å². The van der Waals surface area contributed by atoms with E-state index in [4.69, 9.17) is 27.9 Å². The Hall–Kier alpha value is -0.440. The van der Waals surface area contributed by atoms with Gasteiger partial charge in [-0.15, -0.1) is 11.6 Å². The monoisotopic (exact) mass is 315 g/mol. The number of hydrogen-bond donors (Lipinski definition) is 1. The third-order valence-corrected chi connectivity index (χ3v) is 5.06. The van der Waals surface area contributed by atoms with Crippen LogP contribution in [0.1, 0.15) is 37.7 Å². The summed E-state index contributed by atoms with van der Waals surface area (Å²) in [7, 11) is 1.69. The third-order valence-electron chi connectivity index (χ3n) is 4.26. The van der Waals surface area contributed by atoms with Gasteiger partial charge in [-0.1, -0.05) is 30.9 Å². The molecular weight excluding hydrogens is 293 g/mol. The van der Waals surface area contributed by atoms with Crippen LogP contribution in [0.25, 0.3) is 0 Å². The van der Waals surface area contributed by atoms with Gasteiger partial charge < -0.3 is 10.1 Å². The fourth-order valence-electron chi connectivity index (χ4n) is 3.01. The first-order chi connectivity index (χ1) is 9.69. The number of alkyl halides is 1. The number of hydrogen-bond acceptors (Lipinski definition) is 2. The van der Waals surface area contributed by atoms with Crippen molar-refractivity contribution in [3.05, 3.63) is 28.8 Å². The molecule has 0 aromatic heterocycles. The van der Waals surface area contributed by atoms with Gasteiger partial charge in [0, 0.05) is 29.6 Å². The maximum absolute atomic E-state index is 6.22. The van der Waals surface area contributed by atoms with Crippen molar-refractivity contribution in [2.75, 3.05) is 19.5 Å². The summed E-state index contributed by atoms with van der Waals surface area (Å²) in [5, 5.41) is 4.28. The number of methoxy groups -OCH3 is 1. The minimum absolute atomic E-state index is 0.269. The molecule has 0 amide bonds. The van der Waals surface area contributed by atoms with Crippen LogP contribution in [0.15, 0.2) is 18.2 Å². The van der Waals surface area contributed by atoms with Gasteiger partial charge in [-0.3, -0.25) is 0 Å². The lowest BCUT2D eigenvalue weighted by molar-refractivity contribution is 0.212. The molecule has 0 radical (unpaired) electrons. The molecule has 2 nitrogen and oxygen atoms in total. The molecule has 0 spiro atoms. The van der Waals surface area contributed by atoms with Gasteiger partial charge in [-0.05, 0) is 36.5 Å². The van der Waals surface area contributed by atoms with Gasteiger partial charge in [0.2, 0.25) is 0 Å². The molecule has 20 heavy (non-hydrogen) atoms. The van der Waals surface area contributed by atoms with E-state index in [0.717, 1.165) is 35.3 Å². The van der Waals surface area contributed by atoms with Crippen LogP contribution in [0, 0.1) is 5.41 Å². The smallest absolute Gasteiger partial charge is 0.123 e. The Morgan fingerprint density at radius 2 is 2.00 bits per heavy atom. The predicted molar refractivity (Wildman–Crippen MR) is 85.9 cm³/mol. The first-order valence-corrected chi connectivity index (χ1v) is 8.19. The highest BCUT2D eigenvalue weighted by Gasteiger charge is 2.30. The second-order valence-corrected chi connectivity index (χ2v) is 6.46. The molecule has 0 aliphatic heterocycles. The second-order valence-electron chi connectivity index (χ2n) is 5.75. The van der Waals surface area contributed by atoms with Crippen LogP contribution in [0.3, 0.4) is 0 Å². The molecule has 1 aliphatic carbocycles. The number of benzene rings is 1. The average molecular weight is 316 g/mol. The Labute approximate surface area is 131 Å². The van der Waals surface area contributed by atoms with Gasteiger partial charge in [0.15, 0.2) is 0 Å². The van der Waals surface area contributed by atoms with Crippen LogP contribution in [0.5, 0.6) is 5.75 Å². The number of ether oxygens (including phenoxy) is 1. The van der Waals surface area contributed by atoms with Gasteiger partial charge in [0.25, 0.3) is 0 Å². The lowest BCUT2D eigenvalue weighted by Gasteiger charge is -2.35. The predicted octanol–water partition coefficient (Wildman–Crippen LogP) is 4.63. The molecule has 1 aliphatic rings. The molecule has 0 bridgehead atoms. The van der Waals surface area contributed by atoms with Crippen LogP contribution in [0.2, 0.25) is 5.02 Å². The van der Waals surface area contributed by atoms with Gasteiger partial charge >= 0.3 is 0 Å². The molecule has 2 rings (SSSR count). The fourth-order valence-corrected chi connectivity index (χ4v) is 3.56. The van der Waals surface area contributed by atoms with Crippen molar-refractivity contribution >= 4 is 23.2 Å². The van der Waals surface area contributed by atoms with Gasteiger partial charge in [-0.2, -0.15) is 0 Å². The summed E-state index contributed by atoms with van der Waals surface area (Å²) in [6, 6.07) is 5.73. The standard InChI is InChI=1S/C16H23Cl2NO/c1-20-15-6-5-14(18)9-13(15)10-19-12-16(11-17)7-3-2-4-8-16/h5-6,9,19H,2-4,7-8,10-12H2,1H3. The van der Waals surface area contributed by atoms with Crippen molar-refractivity contribution in [1.82, 2.24) is 5.32 Å². The molecule has 1 aromatic rings. The maximum Gasteiger partial charge on any atom is 0.123 e. The highest BCUT2D eigenvalue weighted by molar-refractivity contribution is 6.30. The summed E-state index contributed by atoms with van der Waals surface area (Å²) in [6.45, 7) is 1.73. The number of rotatable bonds is 6. The summed E-state index contributed by atoms with van der Waals surface area (Å²) in [6.07, 6.45) is 6.41. The average Bonchev–Trinajstić information content (AvgIpc) is 2.48. The Bertz CT molecular complexity index is 430. The number of halogens is 2. The third kappa shape index (κ3) is 4.03. The van der Waals surface area contributed by atoms with Crippen LogP contribution < -0.4 is 10.1 Å². The molecule has 0 atom stereocenters. The van der Waals surface area contributed by atoms with Crippen molar-refractivity contribution in [3.8, 4) is 5.75 Å². The van der Waals surface area contributed by atoms with E-state index in [-0.39, 0.29) is 5.41 Å². The molecule has 112 valence electrons. The lowest BCUT2D eigenvalue weighted by atomic mass is 9.75. The van der Waals surface area contributed by atoms with Crippen LogP contribution in [-0.2, 0) is 6.54 Å². The van der Waals surface area contributed by atoms with Crippen molar-refractivity contribution in [2.45, 2.75) is 38.6 Å². The molecule has 1 fully saturated rings. The summed E-state index contributed by atoms with van der Waals surface area (Å²) < 4.78 is 5.37. The lowest BCUT2D eigenvalue weighted by Crippen LogP contribution is -2.37. The Morgan fingerprint density at radius 1 is 1.25 bits per heavy atom. The Morgan fingerprint density at radius 3 is 2.65 bits per heavy atom. The van der Waals surface area contributed by atoms with E-state index in [9.17, 15) is 0 Å².